The largest absolute Gasteiger partial charge is 0.465 e. The molecule has 17 heavy (non-hydrogen) atoms. The summed E-state index contributed by atoms with van der Waals surface area (Å²) in [7, 11) is 6.45. The maximum absolute atomic E-state index is 11.4. The van der Waals surface area contributed by atoms with Gasteiger partial charge in [0.05, 0.1) is 34.3 Å². The first-order valence-electron chi connectivity index (χ1n) is 6.92. The van der Waals surface area contributed by atoms with Crippen LogP contribution in [-0.4, -0.2) is 44.7 Å². The third-order valence-electron chi connectivity index (χ3n) is 2.72. The molecule has 0 saturated heterocycles. The van der Waals surface area contributed by atoms with E-state index in [4.69, 9.17) is 4.74 Å². The molecule has 0 atom stereocenters. The molecule has 0 heterocycles. The summed E-state index contributed by atoms with van der Waals surface area (Å²) in [4.78, 5) is 11.4. The number of nitrogens with zero attached hydrogens (tertiary/aromatic N) is 1. The van der Waals surface area contributed by atoms with Crippen LogP contribution in [0, 0.1) is 0 Å². The Morgan fingerprint density at radius 3 is 2.24 bits per heavy atom. The lowest BCUT2D eigenvalue weighted by Gasteiger charge is -2.23. The highest BCUT2D eigenvalue weighted by molar-refractivity contribution is 5.69. The second-order valence-corrected chi connectivity index (χ2v) is 5.75. The van der Waals surface area contributed by atoms with Gasteiger partial charge < -0.3 is 9.22 Å². The number of hydrogen-bond donors (Lipinski definition) is 0. The van der Waals surface area contributed by atoms with E-state index in [1.54, 1.807) is 0 Å². The molecule has 0 fully saturated rings. The summed E-state index contributed by atoms with van der Waals surface area (Å²) in [5.41, 5.74) is 0. The smallest absolute Gasteiger partial charge is 0.305 e. The van der Waals surface area contributed by atoms with Crippen molar-refractivity contribution in [2.45, 2.75) is 51.9 Å². The summed E-state index contributed by atoms with van der Waals surface area (Å²) in [6, 6.07) is 0. The van der Waals surface area contributed by atoms with E-state index >= 15 is 0 Å². The Hall–Kier alpha value is -0.570. The van der Waals surface area contributed by atoms with Gasteiger partial charge >= 0.3 is 5.97 Å². The fourth-order valence-corrected chi connectivity index (χ4v) is 1.67. The molecular weight excluding hydrogens is 214 g/mol. The van der Waals surface area contributed by atoms with Gasteiger partial charge in [-0.3, -0.25) is 4.79 Å². The highest BCUT2D eigenvalue weighted by Crippen LogP contribution is 2.06. The number of rotatable bonds is 10. The van der Waals surface area contributed by atoms with E-state index in [9.17, 15) is 4.79 Å². The molecule has 0 saturated carbocycles. The maximum atomic E-state index is 11.4. The molecule has 3 nitrogen and oxygen atoms in total. The Kier molecular flexibility index (Phi) is 9.14. The Morgan fingerprint density at radius 2 is 1.65 bits per heavy atom. The first-order chi connectivity index (χ1) is 7.95. The van der Waals surface area contributed by atoms with Gasteiger partial charge in [0.2, 0.25) is 0 Å². The zero-order valence-corrected chi connectivity index (χ0v) is 12.1. The number of unbranched alkanes of at least 4 members (excludes halogenated alkanes) is 4. The molecule has 0 amide bonds. The number of hydrogen-bond acceptors (Lipinski definition) is 2. The predicted molar refractivity (Wildman–Crippen MR) is 71.9 cm³/mol. The van der Waals surface area contributed by atoms with Crippen molar-refractivity contribution in [2.24, 2.45) is 0 Å². The lowest BCUT2D eigenvalue weighted by molar-refractivity contribution is -0.870. The summed E-state index contributed by atoms with van der Waals surface area (Å²) in [5.74, 6) is -0.0251. The van der Waals surface area contributed by atoms with Crippen LogP contribution in [0.3, 0.4) is 0 Å². The number of carbonyl (C=O) groups excluding carboxylic acids is 1. The maximum Gasteiger partial charge on any atom is 0.305 e. The first-order valence-corrected chi connectivity index (χ1v) is 6.92. The van der Waals surface area contributed by atoms with Crippen LogP contribution in [0.1, 0.15) is 51.9 Å². The second kappa shape index (κ2) is 9.46. The van der Waals surface area contributed by atoms with E-state index in [1.165, 1.54) is 19.3 Å². The molecule has 0 aliphatic heterocycles. The van der Waals surface area contributed by atoms with Crippen LogP contribution in [0.25, 0.3) is 0 Å². The lowest BCUT2D eigenvalue weighted by Crippen LogP contribution is -2.35. The minimum Gasteiger partial charge on any atom is -0.465 e. The van der Waals surface area contributed by atoms with Crippen LogP contribution >= 0.6 is 0 Å². The van der Waals surface area contributed by atoms with E-state index in [2.05, 4.69) is 28.1 Å². The average Bonchev–Trinajstić information content (AvgIpc) is 2.23. The van der Waals surface area contributed by atoms with Crippen LogP contribution in [-0.2, 0) is 9.53 Å². The van der Waals surface area contributed by atoms with E-state index in [-0.39, 0.29) is 5.97 Å². The number of quaternary nitrogens is 1. The third-order valence-corrected chi connectivity index (χ3v) is 2.72. The summed E-state index contributed by atoms with van der Waals surface area (Å²) in [6.07, 6.45) is 7.44. The molecule has 0 rings (SSSR count). The van der Waals surface area contributed by atoms with Gasteiger partial charge in [0.15, 0.2) is 0 Å². The predicted octanol–water partition coefficient (Wildman–Crippen LogP) is 2.99. The highest BCUT2D eigenvalue weighted by Gasteiger charge is 2.07. The quantitative estimate of drug-likeness (QED) is 0.335. The Morgan fingerprint density at radius 1 is 1.00 bits per heavy atom. The van der Waals surface area contributed by atoms with E-state index in [0.29, 0.717) is 13.0 Å². The van der Waals surface area contributed by atoms with E-state index < -0.39 is 0 Å². The molecular formula is C14H30NO2+. The number of ether oxygens (including phenoxy) is 1. The van der Waals surface area contributed by atoms with Crippen molar-refractivity contribution in [2.75, 3.05) is 34.3 Å². The van der Waals surface area contributed by atoms with Gasteiger partial charge in [0.25, 0.3) is 0 Å². The van der Waals surface area contributed by atoms with E-state index in [0.717, 1.165) is 30.3 Å². The van der Waals surface area contributed by atoms with Crippen molar-refractivity contribution in [3.8, 4) is 0 Å². The van der Waals surface area contributed by atoms with Crippen LogP contribution in [0.4, 0.5) is 0 Å². The molecule has 0 radical (unpaired) electrons. The molecule has 3 heteroatoms. The van der Waals surface area contributed by atoms with Crippen molar-refractivity contribution in [1.82, 2.24) is 0 Å². The van der Waals surface area contributed by atoms with Gasteiger partial charge in [-0.1, -0.05) is 32.6 Å². The molecule has 0 N–H and O–H groups in total. The molecule has 0 aromatic heterocycles. The third kappa shape index (κ3) is 13.4. The number of esters is 1. The molecule has 0 aromatic carbocycles. The molecule has 0 aliphatic carbocycles. The van der Waals surface area contributed by atoms with Gasteiger partial charge in [-0.05, 0) is 6.42 Å². The summed E-state index contributed by atoms with van der Waals surface area (Å²) in [6.45, 7) is 3.81. The standard InChI is InChI=1S/C14H30NO2/c1-5-6-7-8-9-11-14(16)17-13-10-12-15(2,3)4/h5-13H2,1-4H3/q+1. The van der Waals surface area contributed by atoms with Crippen molar-refractivity contribution in [3.05, 3.63) is 0 Å². The van der Waals surface area contributed by atoms with Crippen LogP contribution in [0.5, 0.6) is 0 Å². The summed E-state index contributed by atoms with van der Waals surface area (Å²) < 4.78 is 6.12. The van der Waals surface area contributed by atoms with E-state index in [1.807, 2.05) is 0 Å². The van der Waals surface area contributed by atoms with Gasteiger partial charge in [-0.2, -0.15) is 0 Å². The monoisotopic (exact) mass is 244 g/mol. The van der Waals surface area contributed by atoms with Crippen molar-refractivity contribution in [1.29, 1.82) is 0 Å². The molecule has 0 spiro atoms. The fourth-order valence-electron chi connectivity index (χ4n) is 1.67. The first kappa shape index (κ1) is 16.4. The van der Waals surface area contributed by atoms with Gasteiger partial charge in [-0.25, -0.2) is 0 Å². The minimum atomic E-state index is -0.0251. The molecule has 0 aromatic rings. The summed E-state index contributed by atoms with van der Waals surface area (Å²) in [5, 5.41) is 0. The van der Waals surface area contributed by atoms with Gasteiger partial charge in [-0.15, -0.1) is 0 Å². The molecule has 0 aliphatic rings. The normalized spacial score (nSPS) is 11.5. The topological polar surface area (TPSA) is 26.3 Å². The Bertz CT molecular complexity index is 197. The van der Waals surface area contributed by atoms with Crippen molar-refractivity contribution in [3.63, 3.8) is 0 Å². The van der Waals surface area contributed by atoms with Gasteiger partial charge in [0.1, 0.15) is 0 Å². The van der Waals surface area contributed by atoms with Crippen LogP contribution < -0.4 is 0 Å². The van der Waals surface area contributed by atoms with Crippen molar-refractivity contribution >= 4 is 5.97 Å². The molecule has 0 bridgehead atoms. The average molecular weight is 244 g/mol. The summed E-state index contributed by atoms with van der Waals surface area (Å²) >= 11 is 0. The highest BCUT2D eigenvalue weighted by atomic mass is 16.5. The number of carbonyl (C=O) groups is 1. The van der Waals surface area contributed by atoms with Crippen LogP contribution in [0.2, 0.25) is 0 Å². The zero-order chi connectivity index (χ0) is 13.1. The molecule has 0 unspecified atom stereocenters. The zero-order valence-electron chi connectivity index (χ0n) is 12.1. The van der Waals surface area contributed by atoms with Crippen molar-refractivity contribution < 1.29 is 14.0 Å². The fraction of sp³-hybridized carbons (Fsp3) is 0.929. The second-order valence-electron chi connectivity index (χ2n) is 5.75. The SMILES string of the molecule is CCCCCCCC(=O)OCCC[N+](C)(C)C. The lowest BCUT2D eigenvalue weighted by atomic mass is 10.1. The van der Waals surface area contributed by atoms with Crippen LogP contribution in [0.15, 0.2) is 0 Å². The Labute approximate surface area is 107 Å². The molecule has 102 valence electrons. The van der Waals surface area contributed by atoms with Gasteiger partial charge in [0, 0.05) is 12.8 Å². The Balaban J connectivity index is 3.29. The minimum absolute atomic E-state index is 0.0251.